The number of anilines is 1. The highest BCUT2D eigenvalue weighted by atomic mass is 16.6. The summed E-state index contributed by atoms with van der Waals surface area (Å²) < 4.78 is 10.3. The minimum absolute atomic E-state index is 0.300. The summed E-state index contributed by atoms with van der Waals surface area (Å²) in [4.78, 5) is 13.5. The molecule has 1 aliphatic heterocycles. The van der Waals surface area contributed by atoms with Crippen molar-refractivity contribution in [3.63, 3.8) is 0 Å². The van der Waals surface area contributed by atoms with Gasteiger partial charge in [0.05, 0.1) is 23.5 Å². The van der Waals surface area contributed by atoms with Gasteiger partial charge < -0.3 is 4.74 Å². The molecule has 7 heteroatoms. The van der Waals surface area contributed by atoms with Crippen LogP contribution in [0.3, 0.4) is 0 Å². The van der Waals surface area contributed by atoms with Gasteiger partial charge in [0, 0.05) is 0 Å². The Balaban J connectivity index is 1.98. The first-order valence-electron chi connectivity index (χ1n) is 7.93. The monoisotopic (exact) mass is 317 g/mol. The third kappa shape index (κ3) is 2.99. The fourth-order valence-corrected chi connectivity index (χ4v) is 2.69. The number of nitrogens with zero attached hydrogens (tertiary/aromatic N) is 3. The van der Waals surface area contributed by atoms with Crippen LogP contribution in [-0.2, 0) is 11.3 Å². The Labute approximate surface area is 134 Å². The van der Waals surface area contributed by atoms with Crippen LogP contribution in [0.4, 0.5) is 10.7 Å². The molecule has 1 aliphatic rings. The zero-order valence-corrected chi connectivity index (χ0v) is 13.4. The molecule has 3 rings (SSSR count). The summed E-state index contributed by atoms with van der Waals surface area (Å²) in [6, 6.07) is 8.06. The molecule has 2 aromatic rings. The van der Waals surface area contributed by atoms with E-state index in [2.05, 4.69) is 28.6 Å². The van der Waals surface area contributed by atoms with Crippen molar-refractivity contribution in [3.8, 4) is 11.3 Å². The lowest BCUT2D eigenvalue weighted by atomic mass is 10.0. The van der Waals surface area contributed by atoms with Crippen molar-refractivity contribution < 1.29 is 18.8 Å². The number of nitrogens with one attached hydrogen (secondary N) is 1. The molecule has 2 heterocycles. The average molecular weight is 317 g/mol. The molecule has 1 amide bonds. The maximum Gasteiger partial charge on any atom is 0.414 e. The average Bonchev–Trinajstić information content (AvgIpc) is 2.97. The van der Waals surface area contributed by atoms with Crippen molar-refractivity contribution in [3.05, 3.63) is 29.8 Å². The van der Waals surface area contributed by atoms with Crippen molar-refractivity contribution in [1.82, 2.24) is 5.27 Å². The number of hydrogen-bond donors (Lipinski definition) is 1. The molecule has 1 aromatic carbocycles. The molecule has 0 unspecified atom stereocenters. The second kappa shape index (κ2) is 6.68. The van der Waals surface area contributed by atoms with Crippen LogP contribution in [0.5, 0.6) is 0 Å². The highest BCUT2D eigenvalue weighted by molar-refractivity contribution is 5.87. The fourth-order valence-electron chi connectivity index (χ4n) is 2.69. The van der Waals surface area contributed by atoms with Gasteiger partial charge in [-0.15, -0.1) is 5.01 Å². The van der Waals surface area contributed by atoms with E-state index in [0.29, 0.717) is 12.5 Å². The molecule has 0 atom stereocenters. The summed E-state index contributed by atoms with van der Waals surface area (Å²) in [5.74, 6) is 0.303. The van der Waals surface area contributed by atoms with Gasteiger partial charge in [-0.1, -0.05) is 31.5 Å². The predicted molar refractivity (Wildman–Crippen MR) is 84.5 cm³/mol. The van der Waals surface area contributed by atoms with E-state index in [0.717, 1.165) is 37.2 Å². The standard InChI is InChI=1S/C16H20N4O3/c1-3-5-10-19-11-12-8-6-7-9-13(12)14-15(23-18-20(14)19)17-16(21)22-4-2/h6-9H,3-5,10-11H2,1-2H3/p+1. The van der Waals surface area contributed by atoms with Gasteiger partial charge >= 0.3 is 17.7 Å². The molecule has 0 spiro atoms. The number of fused-ring (bicyclic) bond motifs is 3. The van der Waals surface area contributed by atoms with Gasteiger partial charge in [-0.3, -0.25) is 9.84 Å². The van der Waals surface area contributed by atoms with E-state index >= 15 is 0 Å². The normalized spacial score (nSPS) is 12.5. The molecular formula is C16H21N4O3+. The molecule has 23 heavy (non-hydrogen) atoms. The quantitative estimate of drug-likeness (QED) is 0.858. The number of ether oxygens (including phenoxy) is 1. The zero-order chi connectivity index (χ0) is 16.2. The van der Waals surface area contributed by atoms with Crippen molar-refractivity contribution in [1.29, 1.82) is 0 Å². The van der Waals surface area contributed by atoms with Gasteiger partial charge in [-0.25, -0.2) is 4.79 Å². The smallest absolute Gasteiger partial charge is 0.414 e. The second-order valence-corrected chi connectivity index (χ2v) is 5.38. The van der Waals surface area contributed by atoms with Gasteiger partial charge in [0.25, 0.3) is 0 Å². The number of carbonyl (C=O) groups excluding carboxylic acids is 1. The number of amides is 1. The molecule has 0 radical (unpaired) electrons. The number of carbonyl (C=O) groups is 1. The van der Waals surface area contributed by atoms with Crippen LogP contribution >= 0.6 is 0 Å². The van der Waals surface area contributed by atoms with Crippen LogP contribution in [-0.4, -0.2) is 24.5 Å². The van der Waals surface area contributed by atoms with Crippen LogP contribution in [0.2, 0.25) is 0 Å². The summed E-state index contributed by atoms with van der Waals surface area (Å²) in [6.45, 7) is 5.84. The number of rotatable bonds is 5. The molecule has 122 valence electrons. The molecule has 1 aromatic heterocycles. The van der Waals surface area contributed by atoms with Crippen LogP contribution in [0.25, 0.3) is 11.3 Å². The first-order chi connectivity index (χ1) is 11.2. The van der Waals surface area contributed by atoms with Gasteiger partial charge in [0.1, 0.15) is 6.54 Å². The Bertz CT molecular complexity index is 698. The number of benzene rings is 1. The Morgan fingerprint density at radius 3 is 3.04 bits per heavy atom. The topological polar surface area (TPSA) is 71.5 Å². The maximum atomic E-state index is 11.7. The lowest BCUT2D eigenvalue weighted by molar-refractivity contribution is -0.752. The van der Waals surface area contributed by atoms with Crippen LogP contribution < -0.4 is 15.1 Å². The molecule has 1 N–H and O–H groups in total. The van der Waals surface area contributed by atoms with Crippen LogP contribution in [0.1, 0.15) is 32.3 Å². The number of hydrogen-bond acceptors (Lipinski definition) is 5. The van der Waals surface area contributed by atoms with Gasteiger partial charge in [0.2, 0.25) is 5.27 Å². The largest absolute Gasteiger partial charge is 0.450 e. The molecule has 0 saturated carbocycles. The first-order valence-corrected chi connectivity index (χ1v) is 7.93. The van der Waals surface area contributed by atoms with Gasteiger partial charge in [-0.05, 0) is 25.0 Å². The van der Waals surface area contributed by atoms with E-state index in [1.54, 1.807) is 11.7 Å². The Kier molecular flexibility index (Phi) is 4.45. The summed E-state index contributed by atoms with van der Waals surface area (Å²) in [6.07, 6.45) is 1.61. The fraction of sp³-hybridized carbons (Fsp3) is 0.438. The third-order valence-electron chi connectivity index (χ3n) is 3.78. The lowest BCUT2D eigenvalue weighted by Gasteiger charge is -2.20. The predicted octanol–water partition coefficient (Wildman–Crippen LogP) is 2.45. The van der Waals surface area contributed by atoms with E-state index < -0.39 is 6.09 Å². The van der Waals surface area contributed by atoms with Crippen LogP contribution in [0.15, 0.2) is 28.8 Å². The molecule has 7 nitrogen and oxygen atoms in total. The summed E-state index contributed by atoms with van der Waals surface area (Å²) in [5, 5.41) is 8.84. The van der Waals surface area contributed by atoms with Gasteiger partial charge in [0.15, 0.2) is 0 Å². The number of unbranched alkanes of at least 4 members (excludes halogenated alkanes) is 1. The molecule has 0 bridgehead atoms. The molecule has 0 fully saturated rings. The van der Waals surface area contributed by atoms with E-state index in [-0.39, 0.29) is 0 Å². The second-order valence-electron chi connectivity index (χ2n) is 5.38. The Hall–Kier alpha value is -2.57. The minimum atomic E-state index is -0.546. The summed E-state index contributed by atoms with van der Waals surface area (Å²) in [5.41, 5.74) is 2.93. The van der Waals surface area contributed by atoms with E-state index in [9.17, 15) is 4.79 Å². The summed E-state index contributed by atoms with van der Waals surface area (Å²) >= 11 is 0. The van der Waals surface area contributed by atoms with Crippen molar-refractivity contribution in [2.24, 2.45) is 0 Å². The van der Waals surface area contributed by atoms with Crippen molar-refractivity contribution in [2.75, 3.05) is 23.5 Å². The minimum Gasteiger partial charge on any atom is -0.450 e. The highest BCUT2D eigenvalue weighted by Gasteiger charge is 2.38. The van der Waals surface area contributed by atoms with E-state index in [1.165, 1.54) is 5.56 Å². The Morgan fingerprint density at radius 2 is 2.26 bits per heavy atom. The number of aromatic nitrogens is 2. The van der Waals surface area contributed by atoms with Crippen LogP contribution in [0, 0.1) is 0 Å². The molecule has 0 saturated heterocycles. The SMILES string of the molecule is CCCCN1Cc2ccccc2-c2c(NC(=O)OCC)on[n+]21. The molecular weight excluding hydrogens is 296 g/mol. The summed E-state index contributed by atoms with van der Waals surface area (Å²) in [7, 11) is 0. The third-order valence-corrected chi connectivity index (χ3v) is 3.78. The van der Waals surface area contributed by atoms with Gasteiger partial charge in [-0.2, -0.15) is 0 Å². The van der Waals surface area contributed by atoms with E-state index in [4.69, 9.17) is 9.26 Å². The van der Waals surface area contributed by atoms with Crippen molar-refractivity contribution in [2.45, 2.75) is 33.2 Å². The maximum absolute atomic E-state index is 11.7. The van der Waals surface area contributed by atoms with E-state index in [1.807, 2.05) is 18.2 Å². The van der Waals surface area contributed by atoms with Crippen molar-refractivity contribution >= 4 is 12.0 Å². The molecule has 0 aliphatic carbocycles. The highest BCUT2D eigenvalue weighted by Crippen LogP contribution is 2.31. The Morgan fingerprint density at radius 1 is 1.43 bits per heavy atom. The lowest BCUT2D eigenvalue weighted by Crippen LogP contribution is -2.61. The first kappa shape index (κ1) is 15.3. The zero-order valence-electron chi connectivity index (χ0n) is 13.4.